The zero-order valence-electron chi connectivity index (χ0n) is 12.7. The minimum absolute atomic E-state index is 0.0175. The first-order valence-electron chi connectivity index (χ1n) is 7.39. The van der Waals surface area contributed by atoms with Crippen LogP contribution < -0.4 is 5.32 Å². The van der Waals surface area contributed by atoms with Gasteiger partial charge >= 0.3 is 0 Å². The SMILES string of the molecule is CC(C)c1nc(CNC(=O)Cc2c[nH]c3ccccc23)cs1. The van der Waals surface area contributed by atoms with E-state index >= 15 is 0 Å². The van der Waals surface area contributed by atoms with Gasteiger partial charge in [0.1, 0.15) is 0 Å². The van der Waals surface area contributed by atoms with Crippen molar-refractivity contribution < 1.29 is 4.79 Å². The fraction of sp³-hybridized carbons (Fsp3) is 0.294. The van der Waals surface area contributed by atoms with Gasteiger partial charge in [0.15, 0.2) is 0 Å². The highest BCUT2D eigenvalue weighted by Gasteiger charge is 2.10. The second-order valence-electron chi connectivity index (χ2n) is 5.64. The topological polar surface area (TPSA) is 57.8 Å². The number of carbonyl (C=O) groups is 1. The summed E-state index contributed by atoms with van der Waals surface area (Å²) in [5.74, 6) is 0.449. The third-order valence-corrected chi connectivity index (χ3v) is 4.75. The molecular formula is C17H19N3OS. The van der Waals surface area contributed by atoms with E-state index in [-0.39, 0.29) is 5.91 Å². The minimum atomic E-state index is 0.0175. The lowest BCUT2D eigenvalue weighted by atomic mass is 10.1. The van der Waals surface area contributed by atoms with E-state index in [2.05, 4.69) is 29.1 Å². The molecule has 0 aliphatic heterocycles. The maximum absolute atomic E-state index is 12.1. The highest BCUT2D eigenvalue weighted by molar-refractivity contribution is 7.09. The van der Waals surface area contributed by atoms with Crippen LogP contribution in [0.25, 0.3) is 10.9 Å². The molecule has 3 aromatic rings. The lowest BCUT2D eigenvalue weighted by Gasteiger charge is -2.03. The van der Waals surface area contributed by atoms with Crippen LogP contribution in [0.4, 0.5) is 0 Å². The van der Waals surface area contributed by atoms with Gasteiger partial charge in [-0.1, -0.05) is 32.0 Å². The van der Waals surface area contributed by atoms with Gasteiger partial charge in [-0.15, -0.1) is 11.3 Å². The summed E-state index contributed by atoms with van der Waals surface area (Å²) in [5.41, 5.74) is 3.02. The highest BCUT2D eigenvalue weighted by atomic mass is 32.1. The van der Waals surface area contributed by atoms with Gasteiger partial charge < -0.3 is 10.3 Å². The predicted octanol–water partition coefficient (Wildman–Crippen LogP) is 3.61. The molecular weight excluding hydrogens is 294 g/mol. The molecule has 0 spiro atoms. The Kier molecular flexibility index (Phi) is 4.24. The number of para-hydroxylation sites is 1. The molecule has 0 aliphatic carbocycles. The number of fused-ring (bicyclic) bond motifs is 1. The Bertz CT molecular complexity index is 788. The second kappa shape index (κ2) is 6.32. The Balaban J connectivity index is 1.60. The summed E-state index contributed by atoms with van der Waals surface area (Å²) in [4.78, 5) is 19.8. The summed E-state index contributed by atoms with van der Waals surface area (Å²) in [6.45, 7) is 4.74. The van der Waals surface area contributed by atoms with Crippen molar-refractivity contribution in [1.82, 2.24) is 15.3 Å². The molecule has 0 fully saturated rings. The van der Waals surface area contributed by atoms with E-state index < -0.39 is 0 Å². The normalized spacial score (nSPS) is 11.2. The standard InChI is InChI=1S/C17H19N3OS/c1-11(2)17-20-13(10-22-17)9-19-16(21)7-12-8-18-15-6-4-3-5-14(12)15/h3-6,8,10-11,18H,7,9H2,1-2H3,(H,19,21). The fourth-order valence-corrected chi connectivity index (χ4v) is 3.21. The first kappa shape index (κ1) is 14.8. The molecule has 3 rings (SSSR count). The van der Waals surface area contributed by atoms with Crippen LogP contribution in [0.3, 0.4) is 0 Å². The van der Waals surface area contributed by atoms with Crippen LogP contribution in [0.15, 0.2) is 35.8 Å². The second-order valence-corrected chi connectivity index (χ2v) is 6.53. The summed E-state index contributed by atoms with van der Waals surface area (Å²) in [5, 5.41) is 7.18. The average molecular weight is 313 g/mol. The number of amides is 1. The number of H-pyrrole nitrogens is 1. The van der Waals surface area contributed by atoms with Crippen molar-refractivity contribution in [3.8, 4) is 0 Å². The molecule has 2 aromatic heterocycles. The number of aromatic nitrogens is 2. The van der Waals surface area contributed by atoms with Crippen LogP contribution in [0.1, 0.15) is 36.0 Å². The van der Waals surface area contributed by atoms with Gasteiger partial charge in [-0.05, 0) is 11.6 Å². The monoisotopic (exact) mass is 313 g/mol. The number of benzene rings is 1. The maximum atomic E-state index is 12.1. The van der Waals surface area contributed by atoms with Crippen LogP contribution in [-0.4, -0.2) is 15.9 Å². The van der Waals surface area contributed by atoms with Crippen LogP contribution >= 0.6 is 11.3 Å². The lowest BCUT2D eigenvalue weighted by Crippen LogP contribution is -2.24. The van der Waals surface area contributed by atoms with E-state index in [1.54, 1.807) is 11.3 Å². The van der Waals surface area contributed by atoms with Gasteiger partial charge in [-0.25, -0.2) is 4.98 Å². The van der Waals surface area contributed by atoms with Crippen LogP contribution in [0.5, 0.6) is 0 Å². The number of nitrogens with one attached hydrogen (secondary N) is 2. The Labute approximate surface area is 133 Å². The smallest absolute Gasteiger partial charge is 0.224 e. The van der Waals surface area contributed by atoms with E-state index in [1.165, 1.54) is 0 Å². The van der Waals surface area contributed by atoms with Crippen LogP contribution in [0, 0.1) is 0 Å². The van der Waals surface area contributed by atoms with Crippen molar-refractivity contribution in [2.75, 3.05) is 0 Å². The number of hydrogen-bond donors (Lipinski definition) is 2. The molecule has 0 saturated carbocycles. The molecule has 1 amide bonds. The van der Waals surface area contributed by atoms with Gasteiger partial charge in [0.05, 0.1) is 23.7 Å². The number of aromatic amines is 1. The van der Waals surface area contributed by atoms with Crippen molar-refractivity contribution in [3.05, 3.63) is 52.1 Å². The number of nitrogens with zero attached hydrogens (tertiary/aromatic N) is 1. The van der Waals surface area contributed by atoms with E-state index in [1.807, 2.05) is 35.8 Å². The molecule has 1 aromatic carbocycles. The number of carbonyl (C=O) groups excluding carboxylic acids is 1. The molecule has 4 nitrogen and oxygen atoms in total. The highest BCUT2D eigenvalue weighted by Crippen LogP contribution is 2.20. The van der Waals surface area contributed by atoms with E-state index in [0.29, 0.717) is 18.9 Å². The average Bonchev–Trinajstić information content (AvgIpc) is 3.13. The maximum Gasteiger partial charge on any atom is 0.224 e. The van der Waals surface area contributed by atoms with Gasteiger partial charge in [0.25, 0.3) is 0 Å². The quantitative estimate of drug-likeness (QED) is 0.756. The van der Waals surface area contributed by atoms with Crippen molar-refractivity contribution in [3.63, 3.8) is 0 Å². The zero-order chi connectivity index (χ0) is 15.5. The first-order valence-corrected chi connectivity index (χ1v) is 8.27. The summed E-state index contributed by atoms with van der Waals surface area (Å²) >= 11 is 1.65. The Hall–Kier alpha value is -2.14. The number of rotatable bonds is 5. The Morgan fingerprint density at radius 1 is 1.36 bits per heavy atom. The number of hydrogen-bond acceptors (Lipinski definition) is 3. The first-order chi connectivity index (χ1) is 10.6. The lowest BCUT2D eigenvalue weighted by molar-refractivity contribution is -0.120. The molecule has 0 saturated heterocycles. The molecule has 0 radical (unpaired) electrons. The Morgan fingerprint density at radius 2 is 2.18 bits per heavy atom. The summed E-state index contributed by atoms with van der Waals surface area (Å²) in [6.07, 6.45) is 2.29. The van der Waals surface area contributed by atoms with E-state index in [0.717, 1.165) is 27.2 Å². The summed E-state index contributed by atoms with van der Waals surface area (Å²) in [6, 6.07) is 8.01. The number of thiazole rings is 1. The molecule has 0 unspecified atom stereocenters. The largest absolute Gasteiger partial charge is 0.361 e. The molecule has 114 valence electrons. The van der Waals surface area contributed by atoms with Crippen molar-refractivity contribution in [2.24, 2.45) is 0 Å². The van der Waals surface area contributed by atoms with E-state index in [4.69, 9.17) is 0 Å². The fourth-order valence-electron chi connectivity index (χ4n) is 2.37. The zero-order valence-corrected chi connectivity index (χ0v) is 13.5. The molecule has 0 aliphatic rings. The molecule has 2 N–H and O–H groups in total. The van der Waals surface area contributed by atoms with Crippen molar-refractivity contribution >= 4 is 28.1 Å². The predicted molar refractivity (Wildman–Crippen MR) is 90.1 cm³/mol. The molecule has 2 heterocycles. The third kappa shape index (κ3) is 3.20. The molecule has 5 heteroatoms. The third-order valence-electron chi connectivity index (χ3n) is 3.56. The van der Waals surface area contributed by atoms with Crippen LogP contribution in [0.2, 0.25) is 0 Å². The van der Waals surface area contributed by atoms with Gasteiger partial charge in [0.2, 0.25) is 5.91 Å². The summed E-state index contributed by atoms with van der Waals surface area (Å²) in [7, 11) is 0. The van der Waals surface area contributed by atoms with Crippen molar-refractivity contribution in [1.29, 1.82) is 0 Å². The van der Waals surface area contributed by atoms with Crippen LogP contribution in [-0.2, 0) is 17.8 Å². The molecule has 0 atom stereocenters. The van der Waals surface area contributed by atoms with Gasteiger partial charge in [-0.2, -0.15) is 0 Å². The Morgan fingerprint density at radius 3 is 2.95 bits per heavy atom. The summed E-state index contributed by atoms with van der Waals surface area (Å²) < 4.78 is 0. The van der Waals surface area contributed by atoms with Gasteiger partial charge in [0, 0.05) is 28.4 Å². The molecule has 22 heavy (non-hydrogen) atoms. The minimum Gasteiger partial charge on any atom is -0.361 e. The van der Waals surface area contributed by atoms with E-state index in [9.17, 15) is 4.79 Å². The van der Waals surface area contributed by atoms with Gasteiger partial charge in [-0.3, -0.25) is 4.79 Å². The van der Waals surface area contributed by atoms with Crippen molar-refractivity contribution in [2.45, 2.75) is 32.7 Å². The molecule has 0 bridgehead atoms.